The summed E-state index contributed by atoms with van der Waals surface area (Å²) >= 11 is 0. The van der Waals surface area contributed by atoms with Gasteiger partial charge < -0.3 is 4.74 Å². The van der Waals surface area contributed by atoms with Crippen molar-refractivity contribution < 1.29 is 9.13 Å². The number of hydrogen-bond acceptors (Lipinski definition) is 4. The Morgan fingerprint density at radius 1 is 1.45 bits per heavy atom. The van der Waals surface area contributed by atoms with Crippen LogP contribution in [0.5, 0.6) is 0 Å². The number of aromatic nitrogens is 3. The highest BCUT2D eigenvalue weighted by Gasteiger charge is 2.29. The molecule has 1 aliphatic rings. The molecule has 118 valence electrons. The van der Waals surface area contributed by atoms with Crippen LogP contribution < -0.4 is 0 Å². The minimum Gasteiger partial charge on any atom is -0.367 e. The molecule has 0 unspecified atom stereocenters. The van der Waals surface area contributed by atoms with Gasteiger partial charge in [0.2, 0.25) is 0 Å². The summed E-state index contributed by atoms with van der Waals surface area (Å²) in [5.74, 6) is 1.38. The van der Waals surface area contributed by atoms with Gasteiger partial charge in [0, 0.05) is 31.1 Å². The van der Waals surface area contributed by atoms with Gasteiger partial charge in [-0.05, 0) is 13.0 Å². The van der Waals surface area contributed by atoms with Crippen molar-refractivity contribution in [3.8, 4) is 0 Å². The summed E-state index contributed by atoms with van der Waals surface area (Å²) in [4.78, 5) is 6.66. The number of nitrogens with zero attached hydrogens (tertiary/aromatic N) is 3. The van der Waals surface area contributed by atoms with Gasteiger partial charge >= 0.3 is 0 Å². The van der Waals surface area contributed by atoms with Gasteiger partial charge in [0.25, 0.3) is 0 Å². The first-order valence-electron chi connectivity index (χ1n) is 7.70. The van der Waals surface area contributed by atoms with Gasteiger partial charge in [0.15, 0.2) is 5.82 Å². The summed E-state index contributed by atoms with van der Waals surface area (Å²) in [6, 6.07) is 6.93. The molecule has 1 N–H and O–H groups in total. The number of benzene rings is 1. The third-order valence-electron chi connectivity index (χ3n) is 4.17. The fraction of sp³-hybridized carbons (Fsp3) is 0.500. The summed E-state index contributed by atoms with van der Waals surface area (Å²) in [5.41, 5.74) is 0.715. The third-order valence-corrected chi connectivity index (χ3v) is 4.17. The molecule has 0 amide bonds. The van der Waals surface area contributed by atoms with E-state index in [2.05, 4.69) is 20.1 Å². The second-order valence-corrected chi connectivity index (χ2v) is 5.55. The Labute approximate surface area is 129 Å². The summed E-state index contributed by atoms with van der Waals surface area (Å²) in [6.07, 6.45) is 0.647. The molecule has 0 radical (unpaired) electrons. The topological polar surface area (TPSA) is 54.0 Å². The van der Waals surface area contributed by atoms with Gasteiger partial charge in [0.05, 0.1) is 6.61 Å². The minimum atomic E-state index is -0.167. The van der Waals surface area contributed by atoms with Crippen molar-refractivity contribution in [3.05, 3.63) is 47.3 Å². The standard InChI is InChI=1S/C16H21FN4O/c1-3-15-18-16(20-19-15)14-10-21(8-9-22-14)11(2)12-6-4-5-7-13(12)17/h4-7,11,14H,3,8-10H2,1-2H3,(H,18,19,20)/t11-,14+/m1/s1. The smallest absolute Gasteiger partial charge is 0.180 e. The van der Waals surface area contributed by atoms with Crippen molar-refractivity contribution in [1.29, 1.82) is 0 Å². The molecular formula is C16H21FN4O. The molecule has 0 aliphatic carbocycles. The molecule has 1 aromatic heterocycles. The van der Waals surface area contributed by atoms with Gasteiger partial charge in [-0.3, -0.25) is 10.00 Å². The Bertz CT molecular complexity index is 630. The van der Waals surface area contributed by atoms with E-state index in [1.54, 1.807) is 6.07 Å². The van der Waals surface area contributed by atoms with Gasteiger partial charge in [-0.25, -0.2) is 9.37 Å². The molecule has 0 bridgehead atoms. The predicted molar refractivity (Wildman–Crippen MR) is 80.8 cm³/mol. The largest absolute Gasteiger partial charge is 0.367 e. The highest BCUT2D eigenvalue weighted by molar-refractivity contribution is 5.21. The molecular weight excluding hydrogens is 283 g/mol. The number of nitrogens with one attached hydrogen (secondary N) is 1. The monoisotopic (exact) mass is 304 g/mol. The van der Waals surface area contributed by atoms with E-state index in [9.17, 15) is 4.39 Å². The van der Waals surface area contributed by atoms with Crippen molar-refractivity contribution in [1.82, 2.24) is 20.1 Å². The Balaban J connectivity index is 1.74. The highest BCUT2D eigenvalue weighted by Crippen LogP contribution is 2.28. The molecule has 2 aromatic rings. The van der Waals surface area contributed by atoms with Crippen LogP contribution >= 0.6 is 0 Å². The Morgan fingerprint density at radius 3 is 3.00 bits per heavy atom. The van der Waals surface area contributed by atoms with Crippen LogP contribution in [0.3, 0.4) is 0 Å². The van der Waals surface area contributed by atoms with E-state index in [4.69, 9.17) is 4.74 Å². The average molecular weight is 304 g/mol. The molecule has 2 heterocycles. The number of aromatic amines is 1. The van der Waals surface area contributed by atoms with E-state index in [-0.39, 0.29) is 18.0 Å². The van der Waals surface area contributed by atoms with Gasteiger partial charge in [0.1, 0.15) is 17.7 Å². The molecule has 3 rings (SSSR count). The predicted octanol–water partition coefficient (Wildman–Crippen LogP) is 2.64. The van der Waals surface area contributed by atoms with E-state index < -0.39 is 0 Å². The summed E-state index contributed by atoms with van der Waals surface area (Å²) in [7, 11) is 0. The van der Waals surface area contributed by atoms with E-state index in [0.717, 1.165) is 18.8 Å². The fourth-order valence-electron chi connectivity index (χ4n) is 2.80. The van der Waals surface area contributed by atoms with Crippen molar-refractivity contribution in [2.75, 3.05) is 19.7 Å². The lowest BCUT2D eigenvalue weighted by atomic mass is 10.1. The maximum atomic E-state index is 14.0. The fourth-order valence-corrected chi connectivity index (χ4v) is 2.80. The Hall–Kier alpha value is -1.79. The molecule has 0 saturated carbocycles. The SMILES string of the molecule is CCc1nc([C@@H]2CN([C@H](C)c3ccccc3F)CCO2)n[nH]1. The normalized spacial score (nSPS) is 21.0. The number of ether oxygens (including phenoxy) is 1. The van der Waals surface area contributed by atoms with Crippen molar-refractivity contribution in [2.45, 2.75) is 32.4 Å². The number of rotatable bonds is 4. The van der Waals surface area contributed by atoms with Gasteiger partial charge in [-0.15, -0.1) is 0 Å². The van der Waals surface area contributed by atoms with Crippen LogP contribution in [-0.2, 0) is 11.2 Å². The summed E-state index contributed by atoms with van der Waals surface area (Å²) in [5, 5.41) is 7.15. The molecule has 2 atom stereocenters. The summed E-state index contributed by atoms with van der Waals surface area (Å²) in [6.45, 7) is 6.09. The zero-order valence-electron chi connectivity index (χ0n) is 12.9. The zero-order valence-corrected chi connectivity index (χ0v) is 12.9. The van der Waals surface area contributed by atoms with Crippen LogP contribution in [0.2, 0.25) is 0 Å². The second kappa shape index (κ2) is 6.54. The minimum absolute atomic E-state index is 0.00260. The Kier molecular flexibility index (Phi) is 4.49. The van der Waals surface area contributed by atoms with Crippen molar-refractivity contribution in [3.63, 3.8) is 0 Å². The van der Waals surface area contributed by atoms with E-state index in [1.165, 1.54) is 6.07 Å². The number of H-pyrrole nitrogens is 1. The molecule has 1 saturated heterocycles. The molecule has 22 heavy (non-hydrogen) atoms. The number of aryl methyl sites for hydroxylation is 1. The molecule has 6 heteroatoms. The van der Waals surface area contributed by atoms with Crippen LogP contribution in [0.4, 0.5) is 4.39 Å². The van der Waals surface area contributed by atoms with Crippen molar-refractivity contribution in [2.24, 2.45) is 0 Å². The van der Waals surface area contributed by atoms with E-state index in [0.29, 0.717) is 24.5 Å². The molecule has 1 aliphatic heterocycles. The van der Waals surface area contributed by atoms with Crippen molar-refractivity contribution >= 4 is 0 Å². The molecule has 1 fully saturated rings. The maximum Gasteiger partial charge on any atom is 0.180 e. The lowest BCUT2D eigenvalue weighted by molar-refractivity contribution is -0.0474. The molecule has 5 nitrogen and oxygen atoms in total. The maximum absolute atomic E-state index is 14.0. The number of morpholine rings is 1. The van der Waals surface area contributed by atoms with Gasteiger partial charge in [-0.2, -0.15) is 5.10 Å². The second-order valence-electron chi connectivity index (χ2n) is 5.55. The highest BCUT2D eigenvalue weighted by atomic mass is 19.1. The number of halogens is 1. The van der Waals surface area contributed by atoms with Crippen LogP contribution in [0, 0.1) is 5.82 Å². The first-order chi connectivity index (χ1) is 10.7. The van der Waals surface area contributed by atoms with Crippen LogP contribution in [0.15, 0.2) is 24.3 Å². The molecule has 1 aromatic carbocycles. The quantitative estimate of drug-likeness (QED) is 0.943. The first kappa shape index (κ1) is 15.1. The van der Waals surface area contributed by atoms with Gasteiger partial charge in [-0.1, -0.05) is 25.1 Å². The van der Waals surface area contributed by atoms with Crippen LogP contribution in [-0.4, -0.2) is 39.8 Å². The Morgan fingerprint density at radius 2 is 2.27 bits per heavy atom. The van der Waals surface area contributed by atoms with E-state index >= 15 is 0 Å². The third kappa shape index (κ3) is 3.03. The van der Waals surface area contributed by atoms with Crippen LogP contribution in [0.1, 0.15) is 43.2 Å². The zero-order chi connectivity index (χ0) is 15.5. The lowest BCUT2D eigenvalue weighted by Gasteiger charge is -2.36. The lowest BCUT2D eigenvalue weighted by Crippen LogP contribution is -2.40. The van der Waals surface area contributed by atoms with E-state index in [1.807, 2.05) is 26.0 Å². The van der Waals surface area contributed by atoms with Crippen LogP contribution in [0.25, 0.3) is 0 Å². The molecule has 0 spiro atoms. The first-order valence-corrected chi connectivity index (χ1v) is 7.70. The summed E-state index contributed by atoms with van der Waals surface area (Å²) < 4.78 is 19.8. The number of hydrogen-bond donors (Lipinski definition) is 1. The average Bonchev–Trinajstić information content (AvgIpc) is 3.04.